The van der Waals surface area contributed by atoms with Gasteiger partial charge in [0.25, 0.3) is 0 Å². The molecule has 132 valence electrons. The van der Waals surface area contributed by atoms with Gasteiger partial charge in [0.05, 0.1) is 6.54 Å². The van der Waals surface area contributed by atoms with Crippen LogP contribution in [-0.4, -0.2) is 29.9 Å². The Labute approximate surface area is 145 Å². The van der Waals surface area contributed by atoms with Gasteiger partial charge in [0, 0.05) is 25.2 Å². The van der Waals surface area contributed by atoms with Crippen molar-refractivity contribution in [3.63, 3.8) is 0 Å². The van der Waals surface area contributed by atoms with Crippen molar-refractivity contribution >= 4 is 17.6 Å². The molecule has 0 bridgehead atoms. The second kappa shape index (κ2) is 9.30. The van der Waals surface area contributed by atoms with E-state index < -0.39 is 0 Å². The minimum Gasteiger partial charge on any atom is -0.370 e. The summed E-state index contributed by atoms with van der Waals surface area (Å²) in [4.78, 5) is 18.6. The van der Waals surface area contributed by atoms with Crippen molar-refractivity contribution in [3.8, 4) is 0 Å². The first-order valence-electron chi connectivity index (χ1n) is 8.98. The summed E-state index contributed by atoms with van der Waals surface area (Å²) in [5, 5.41) is 2.94. The lowest BCUT2D eigenvalue weighted by molar-refractivity contribution is -0.116. The fourth-order valence-corrected chi connectivity index (χ4v) is 2.90. The van der Waals surface area contributed by atoms with Crippen LogP contribution in [-0.2, 0) is 11.3 Å². The van der Waals surface area contributed by atoms with Gasteiger partial charge in [-0.1, -0.05) is 38.8 Å². The SMILES string of the molecule is CC(C)CC(=O)Nc1cccc(CN=C(N)N2CCCCCC2)c1. The van der Waals surface area contributed by atoms with E-state index in [1.54, 1.807) is 0 Å². The van der Waals surface area contributed by atoms with Crippen LogP contribution in [0.4, 0.5) is 5.69 Å². The molecule has 0 saturated carbocycles. The van der Waals surface area contributed by atoms with Crippen LogP contribution in [0.2, 0.25) is 0 Å². The van der Waals surface area contributed by atoms with E-state index in [-0.39, 0.29) is 5.91 Å². The minimum absolute atomic E-state index is 0.0507. The first-order valence-corrected chi connectivity index (χ1v) is 8.98. The van der Waals surface area contributed by atoms with Gasteiger partial charge in [0.1, 0.15) is 0 Å². The number of carbonyl (C=O) groups is 1. The molecule has 3 N–H and O–H groups in total. The smallest absolute Gasteiger partial charge is 0.224 e. The Kier molecular flexibility index (Phi) is 7.09. The van der Waals surface area contributed by atoms with Crippen LogP contribution >= 0.6 is 0 Å². The average molecular weight is 330 g/mol. The van der Waals surface area contributed by atoms with Gasteiger partial charge in [-0.25, -0.2) is 4.99 Å². The predicted octanol–water partition coefficient (Wildman–Crippen LogP) is 3.36. The molecule has 1 aliphatic rings. The Bertz CT molecular complexity index is 560. The van der Waals surface area contributed by atoms with Crippen molar-refractivity contribution in [3.05, 3.63) is 29.8 Å². The number of aliphatic imine (C=N–C) groups is 1. The number of amides is 1. The summed E-state index contributed by atoms with van der Waals surface area (Å²) in [6, 6.07) is 7.83. The lowest BCUT2D eigenvalue weighted by Crippen LogP contribution is -2.38. The number of carbonyl (C=O) groups excluding carboxylic acids is 1. The zero-order chi connectivity index (χ0) is 17.4. The number of benzene rings is 1. The Hall–Kier alpha value is -2.04. The number of nitrogens with one attached hydrogen (secondary N) is 1. The van der Waals surface area contributed by atoms with E-state index in [0.29, 0.717) is 24.8 Å². The van der Waals surface area contributed by atoms with E-state index in [1.807, 2.05) is 38.1 Å². The first kappa shape index (κ1) is 18.3. The lowest BCUT2D eigenvalue weighted by Gasteiger charge is -2.21. The number of rotatable bonds is 5. The monoisotopic (exact) mass is 330 g/mol. The van der Waals surface area contributed by atoms with Crippen LogP contribution in [0.15, 0.2) is 29.3 Å². The molecule has 1 aromatic rings. The highest BCUT2D eigenvalue weighted by Gasteiger charge is 2.11. The van der Waals surface area contributed by atoms with Crippen molar-refractivity contribution in [1.29, 1.82) is 0 Å². The molecule has 0 spiro atoms. The number of nitrogens with two attached hydrogens (primary N) is 1. The van der Waals surface area contributed by atoms with Crippen LogP contribution < -0.4 is 11.1 Å². The van der Waals surface area contributed by atoms with Gasteiger partial charge in [-0.05, 0) is 36.5 Å². The fraction of sp³-hybridized carbons (Fsp3) is 0.579. The van der Waals surface area contributed by atoms with Crippen molar-refractivity contribution < 1.29 is 4.79 Å². The molecule has 0 unspecified atom stereocenters. The Morgan fingerprint density at radius 2 is 1.96 bits per heavy atom. The van der Waals surface area contributed by atoms with Gasteiger partial charge in [-0.15, -0.1) is 0 Å². The van der Waals surface area contributed by atoms with E-state index in [1.165, 1.54) is 25.7 Å². The third kappa shape index (κ3) is 6.22. The highest BCUT2D eigenvalue weighted by Crippen LogP contribution is 2.14. The van der Waals surface area contributed by atoms with Crippen molar-refractivity contribution in [2.24, 2.45) is 16.6 Å². The maximum Gasteiger partial charge on any atom is 0.224 e. The molecule has 0 aromatic heterocycles. The predicted molar refractivity (Wildman–Crippen MR) is 99.9 cm³/mol. The fourth-order valence-electron chi connectivity index (χ4n) is 2.90. The Balaban J connectivity index is 1.93. The van der Waals surface area contributed by atoms with Crippen LogP contribution in [0.25, 0.3) is 0 Å². The van der Waals surface area contributed by atoms with Gasteiger partial charge in [0.15, 0.2) is 5.96 Å². The molecule has 1 aromatic carbocycles. The number of likely N-dealkylation sites (tertiary alicyclic amines) is 1. The molecule has 0 radical (unpaired) electrons. The van der Waals surface area contributed by atoms with E-state index >= 15 is 0 Å². The summed E-state index contributed by atoms with van der Waals surface area (Å²) in [5.41, 5.74) is 8.02. The van der Waals surface area contributed by atoms with E-state index in [2.05, 4.69) is 15.2 Å². The highest BCUT2D eigenvalue weighted by atomic mass is 16.1. The van der Waals surface area contributed by atoms with Gasteiger partial charge in [-0.2, -0.15) is 0 Å². The summed E-state index contributed by atoms with van der Waals surface area (Å²) < 4.78 is 0. The number of nitrogens with zero attached hydrogens (tertiary/aromatic N) is 2. The first-order chi connectivity index (χ1) is 11.5. The molecule has 1 heterocycles. The molecule has 1 aliphatic heterocycles. The number of guanidine groups is 1. The minimum atomic E-state index is 0.0507. The van der Waals surface area contributed by atoms with Crippen LogP contribution in [0.5, 0.6) is 0 Å². The quantitative estimate of drug-likeness (QED) is 0.642. The Morgan fingerprint density at radius 1 is 1.25 bits per heavy atom. The molecule has 5 nitrogen and oxygen atoms in total. The van der Waals surface area contributed by atoms with Crippen molar-refractivity contribution in [2.75, 3.05) is 18.4 Å². The highest BCUT2D eigenvalue weighted by molar-refractivity contribution is 5.90. The summed E-state index contributed by atoms with van der Waals surface area (Å²) >= 11 is 0. The normalized spacial score (nSPS) is 16.1. The molecule has 1 saturated heterocycles. The third-order valence-electron chi connectivity index (χ3n) is 4.16. The van der Waals surface area contributed by atoms with Crippen LogP contribution in [0, 0.1) is 5.92 Å². The third-order valence-corrected chi connectivity index (χ3v) is 4.16. The van der Waals surface area contributed by atoms with Crippen molar-refractivity contribution in [2.45, 2.75) is 52.5 Å². The molecule has 0 atom stereocenters. The van der Waals surface area contributed by atoms with Gasteiger partial charge in [-0.3, -0.25) is 4.79 Å². The molecular weight excluding hydrogens is 300 g/mol. The van der Waals surface area contributed by atoms with Gasteiger partial charge < -0.3 is 16.0 Å². The number of hydrogen-bond acceptors (Lipinski definition) is 2. The molecule has 1 fully saturated rings. The zero-order valence-corrected chi connectivity index (χ0v) is 14.9. The van der Waals surface area contributed by atoms with E-state index in [0.717, 1.165) is 24.3 Å². The van der Waals surface area contributed by atoms with Gasteiger partial charge >= 0.3 is 0 Å². The van der Waals surface area contributed by atoms with Gasteiger partial charge in [0.2, 0.25) is 5.91 Å². The maximum absolute atomic E-state index is 11.9. The molecule has 24 heavy (non-hydrogen) atoms. The summed E-state index contributed by atoms with van der Waals surface area (Å²) in [5.74, 6) is 1.03. The topological polar surface area (TPSA) is 70.7 Å². The number of hydrogen-bond donors (Lipinski definition) is 2. The van der Waals surface area contributed by atoms with Crippen molar-refractivity contribution in [1.82, 2.24) is 4.90 Å². The molecule has 1 amide bonds. The molecule has 0 aliphatic carbocycles. The standard InChI is InChI=1S/C19H30N4O/c1-15(2)12-18(24)22-17-9-7-8-16(13-17)14-21-19(20)23-10-5-3-4-6-11-23/h7-9,13,15H,3-6,10-12,14H2,1-2H3,(H2,20,21)(H,22,24). The Morgan fingerprint density at radius 3 is 2.62 bits per heavy atom. The van der Waals surface area contributed by atoms with Crippen LogP contribution in [0.1, 0.15) is 51.5 Å². The van der Waals surface area contributed by atoms with E-state index in [4.69, 9.17) is 5.73 Å². The lowest BCUT2D eigenvalue weighted by atomic mass is 10.1. The molecule has 2 rings (SSSR count). The average Bonchev–Trinajstić information content (AvgIpc) is 2.81. The molecule has 5 heteroatoms. The maximum atomic E-state index is 11.9. The van der Waals surface area contributed by atoms with E-state index in [9.17, 15) is 4.79 Å². The summed E-state index contributed by atoms with van der Waals surface area (Å²) in [6.45, 7) is 6.62. The summed E-state index contributed by atoms with van der Waals surface area (Å²) in [6.07, 6.45) is 5.47. The largest absolute Gasteiger partial charge is 0.370 e. The summed E-state index contributed by atoms with van der Waals surface area (Å²) in [7, 11) is 0. The van der Waals surface area contributed by atoms with Crippen LogP contribution in [0.3, 0.4) is 0 Å². The second-order valence-electron chi connectivity index (χ2n) is 6.92. The molecular formula is C19H30N4O. The number of anilines is 1. The zero-order valence-electron chi connectivity index (χ0n) is 14.9. The second-order valence-corrected chi connectivity index (χ2v) is 6.92.